The molecule has 1 N–H and O–H groups in total. The maximum absolute atomic E-state index is 12.5. The summed E-state index contributed by atoms with van der Waals surface area (Å²) >= 11 is 0. The summed E-state index contributed by atoms with van der Waals surface area (Å²) in [5.74, 6) is -0.656. The number of nitrogens with zero attached hydrogens (tertiary/aromatic N) is 1. The molecule has 1 rings (SSSR count). The van der Waals surface area contributed by atoms with Gasteiger partial charge in [-0.15, -0.1) is 0 Å². The molecule has 0 atom stereocenters. The molecule has 110 valence electrons. The molecule has 0 unspecified atom stereocenters. The Balaban J connectivity index is 2.90. The molecule has 0 bridgehead atoms. The highest BCUT2D eigenvalue weighted by Gasteiger charge is 2.41. The van der Waals surface area contributed by atoms with E-state index < -0.39 is 11.5 Å². The zero-order valence-corrected chi connectivity index (χ0v) is 12.4. The van der Waals surface area contributed by atoms with Crippen molar-refractivity contribution in [2.75, 3.05) is 7.05 Å². The van der Waals surface area contributed by atoms with Crippen molar-refractivity contribution in [3.05, 3.63) is 0 Å². The van der Waals surface area contributed by atoms with Crippen LogP contribution in [-0.2, 0) is 9.59 Å². The number of carboxylic acids is 1. The van der Waals surface area contributed by atoms with Crippen LogP contribution in [0.15, 0.2) is 0 Å². The Morgan fingerprint density at radius 1 is 1.16 bits per heavy atom. The molecule has 0 aromatic heterocycles. The third-order valence-corrected chi connectivity index (χ3v) is 4.64. The largest absolute Gasteiger partial charge is 0.481 e. The lowest BCUT2D eigenvalue weighted by molar-refractivity contribution is -0.148. The Labute approximate surface area is 116 Å². The molecule has 1 aliphatic carbocycles. The lowest BCUT2D eigenvalue weighted by Crippen LogP contribution is -2.53. The average Bonchev–Trinajstić information content (AvgIpc) is 2.39. The third-order valence-electron chi connectivity index (χ3n) is 4.64. The van der Waals surface area contributed by atoms with Gasteiger partial charge in [0.25, 0.3) is 0 Å². The second-order valence-corrected chi connectivity index (χ2v) is 5.77. The van der Waals surface area contributed by atoms with Gasteiger partial charge in [0.15, 0.2) is 0 Å². The SMILES string of the molecule is CCC(CC)C(=O)N(C)C1(CC(=O)O)CCCCC1. The molecule has 0 radical (unpaired) electrons. The predicted molar refractivity (Wildman–Crippen MR) is 74.9 cm³/mol. The van der Waals surface area contributed by atoms with Gasteiger partial charge in [0.2, 0.25) is 5.91 Å². The molecule has 1 amide bonds. The maximum atomic E-state index is 12.5. The Kier molecular flexibility index (Phi) is 5.83. The van der Waals surface area contributed by atoms with Crippen molar-refractivity contribution in [1.29, 1.82) is 0 Å². The number of carbonyl (C=O) groups excluding carboxylic acids is 1. The van der Waals surface area contributed by atoms with Crippen LogP contribution in [0.2, 0.25) is 0 Å². The van der Waals surface area contributed by atoms with Gasteiger partial charge in [-0.05, 0) is 25.7 Å². The highest BCUT2D eigenvalue weighted by molar-refractivity contribution is 5.80. The van der Waals surface area contributed by atoms with E-state index in [4.69, 9.17) is 0 Å². The molecule has 0 aromatic carbocycles. The summed E-state index contributed by atoms with van der Waals surface area (Å²) in [6.07, 6.45) is 6.56. The summed E-state index contributed by atoms with van der Waals surface area (Å²) in [6.45, 7) is 4.04. The van der Waals surface area contributed by atoms with E-state index in [0.717, 1.165) is 44.9 Å². The minimum atomic E-state index is -0.800. The van der Waals surface area contributed by atoms with Gasteiger partial charge in [-0.1, -0.05) is 33.1 Å². The molecule has 1 aliphatic rings. The highest BCUT2D eigenvalue weighted by atomic mass is 16.4. The quantitative estimate of drug-likeness (QED) is 0.806. The summed E-state index contributed by atoms with van der Waals surface area (Å²) in [4.78, 5) is 25.5. The van der Waals surface area contributed by atoms with Crippen molar-refractivity contribution in [1.82, 2.24) is 4.90 Å². The number of hydrogen-bond acceptors (Lipinski definition) is 2. The van der Waals surface area contributed by atoms with Gasteiger partial charge in [0.1, 0.15) is 0 Å². The third kappa shape index (κ3) is 3.71. The monoisotopic (exact) mass is 269 g/mol. The number of rotatable bonds is 6. The Hall–Kier alpha value is -1.06. The van der Waals surface area contributed by atoms with Crippen LogP contribution in [0.4, 0.5) is 0 Å². The van der Waals surface area contributed by atoms with E-state index in [1.165, 1.54) is 0 Å². The van der Waals surface area contributed by atoms with E-state index >= 15 is 0 Å². The number of hydrogen-bond donors (Lipinski definition) is 1. The lowest BCUT2D eigenvalue weighted by Gasteiger charge is -2.45. The molecule has 0 saturated heterocycles. The van der Waals surface area contributed by atoms with Crippen LogP contribution >= 0.6 is 0 Å². The van der Waals surface area contributed by atoms with Gasteiger partial charge in [0.05, 0.1) is 12.0 Å². The van der Waals surface area contributed by atoms with E-state index in [9.17, 15) is 14.7 Å². The van der Waals surface area contributed by atoms with Gasteiger partial charge < -0.3 is 10.0 Å². The minimum Gasteiger partial charge on any atom is -0.481 e. The number of aliphatic carboxylic acids is 1. The predicted octanol–water partition coefficient (Wildman–Crippen LogP) is 3.06. The molecule has 19 heavy (non-hydrogen) atoms. The Morgan fingerprint density at radius 3 is 2.11 bits per heavy atom. The zero-order valence-electron chi connectivity index (χ0n) is 12.4. The summed E-state index contributed by atoms with van der Waals surface area (Å²) in [5, 5.41) is 9.18. The van der Waals surface area contributed by atoms with Crippen LogP contribution in [0.5, 0.6) is 0 Å². The van der Waals surface area contributed by atoms with E-state index in [2.05, 4.69) is 0 Å². The van der Waals surface area contributed by atoms with Crippen molar-refractivity contribution in [2.24, 2.45) is 5.92 Å². The fraction of sp³-hybridized carbons (Fsp3) is 0.867. The Morgan fingerprint density at radius 2 is 1.68 bits per heavy atom. The van der Waals surface area contributed by atoms with E-state index in [1.807, 2.05) is 13.8 Å². The van der Waals surface area contributed by atoms with Crippen LogP contribution in [-0.4, -0.2) is 34.5 Å². The zero-order chi connectivity index (χ0) is 14.5. The minimum absolute atomic E-state index is 0.0256. The Bertz CT molecular complexity index is 317. The van der Waals surface area contributed by atoms with Gasteiger partial charge in [-0.3, -0.25) is 9.59 Å². The van der Waals surface area contributed by atoms with Gasteiger partial charge in [-0.25, -0.2) is 0 Å². The van der Waals surface area contributed by atoms with Crippen LogP contribution in [0, 0.1) is 5.92 Å². The first-order valence-electron chi connectivity index (χ1n) is 7.46. The molecule has 1 saturated carbocycles. The molecule has 0 spiro atoms. The molecule has 1 fully saturated rings. The van der Waals surface area contributed by atoms with Crippen LogP contribution in [0.1, 0.15) is 65.2 Å². The first-order chi connectivity index (χ1) is 8.96. The molecule has 0 aliphatic heterocycles. The lowest BCUT2D eigenvalue weighted by atomic mass is 9.77. The van der Waals surface area contributed by atoms with E-state index in [0.29, 0.717) is 0 Å². The van der Waals surface area contributed by atoms with Crippen LogP contribution in [0.25, 0.3) is 0 Å². The topological polar surface area (TPSA) is 57.6 Å². The van der Waals surface area contributed by atoms with Gasteiger partial charge in [0, 0.05) is 13.0 Å². The van der Waals surface area contributed by atoms with Crippen LogP contribution < -0.4 is 0 Å². The molecule has 4 nitrogen and oxygen atoms in total. The van der Waals surface area contributed by atoms with Crippen molar-refractivity contribution < 1.29 is 14.7 Å². The first-order valence-corrected chi connectivity index (χ1v) is 7.46. The smallest absolute Gasteiger partial charge is 0.305 e. The van der Waals surface area contributed by atoms with Gasteiger partial charge >= 0.3 is 5.97 Å². The number of carboxylic acid groups (broad SMARTS) is 1. The van der Waals surface area contributed by atoms with E-state index in [1.54, 1.807) is 11.9 Å². The fourth-order valence-corrected chi connectivity index (χ4v) is 3.27. The van der Waals surface area contributed by atoms with Crippen molar-refractivity contribution in [2.45, 2.75) is 70.8 Å². The summed E-state index contributed by atoms with van der Waals surface area (Å²) < 4.78 is 0. The van der Waals surface area contributed by atoms with Crippen molar-refractivity contribution in [3.8, 4) is 0 Å². The normalized spacial score (nSPS) is 18.3. The summed E-state index contributed by atoms with van der Waals surface area (Å²) in [7, 11) is 1.80. The summed E-state index contributed by atoms with van der Waals surface area (Å²) in [6, 6.07) is 0. The fourth-order valence-electron chi connectivity index (χ4n) is 3.27. The molecular formula is C15H27NO3. The standard InChI is InChI=1S/C15H27NO3/c1-4-12(5-2)14(19)16(3)15(11-13(17)18)9-7-6-8-10-15/h12H,4-11H2,1-3H3,(H,17,18). The van der Waals surface area contributed by atoms with Crippen LogP contribution in [0.3, 0.4) is 0 Å². The number of amides is 1. The maximum Gasteiger partial charge on any atom is 0.305 e. The molecule has 4 heteroatoms. The number of carbonyl (C=O) groups is 2. The van der Waals surface area contributed by atoms with Gasteiger partial charge in [-0.2, -0.15) is 0 Å². The summed E-state index contributed by atoms with van der Waals surface area (Å²) in [5.41, 5.74) is -0.455. The second-order valence-electron chi connectivity index (χ2n) is 5.77. The van der Waals surface area contributed by atoms with E-state index in [-0.39, 0.29) is 18.2 Å². The molecule has 0 heterocycles. The molecular weight excluding hydrogens is 242 g/mol. The molecule has 0 aromatic rings. The van der Waals surface area contributed by atoms with Crippen molar-refractivity contribution in [3.63, 3.8) is 0 Å². The first kappa shape index (κ1) is 16.0. The second kappa shape index (κ2) is 6.92. The van der Waals surface area contributed by atoms with Crippen molar-refractivity contribution >= 4 is 11.9 Å². The highest BCUT2D eigenvalue weighted by Crippen LogP contribution is 2.37. The average molecular weight is 269 g/mol.